The van der Waals surface area contributed by atoms with E-state index in [9.17, 15) is 4.79 Å². The van der Waals surface area contributed by atoms with Crippen molar-refractivity contribution in [3.05, 3.63) is 90.0 Å². The Morgan fingerprint density at radius 3 is 2.37 bits per heavy atom. The van der Waals surface area contributed by atoms with Crippen molar-refractivity contribution in [2.24, 2.45) is 0 Å². The Morgan fingerprint density at radius 2 is 1.70 bits per heavy atom. The number of imidazole rings is 1. The van der Waals surface area contributed by atoms with E-state index in [1.807, 2.05) is 30.2 Å². The quantitative estimate of drug-likeness (QED) is 0.590. The van der Waals surface area contributed by atoms with Crippen LogP contribution in [0.3, 0.4) is 0 Å². The van der Waals surface area contributed by atoms with Gasteiger partial charge < -0.3 is 14.2 Å². The van der Waals surface area contributed by atoms with E-state index in [1.54, 1.807) is 0 Å². The number of hydrogen-bond acceptors (Lipinski definition) is 3. The first-order valence-corrected chi connectivity index (χ1v) is 10.8. The molecule has 1 aromatic heterocycles. The van der Waals surface area contributed by atoms with Gasteiger partial charge in [-0.3, -0.25) is 0 Å². The zero-order chi connectivity index (χ0) is 20.8. The van der Waals surface area contributed by atoms with E-state index < -0.39 is 0 Å². The number of piperidine rings is 1. The fraction of sp³-hybridized carbons (Fsp3) is 0.360. The summed E-state index contributed by atoms with van der Waals surface area (Å²) in [5, 5.41) is 0. The predicted molar refractivity (Wildman–Crippen MR) is 117 cm³/mol. The van der Waals surface area contributed by atoms with Crippen molar-refractivity contribution in [3.63, 3.8) is 0 Å². The number of benzene rings is 2. The second-order valence-electron chi connectivity index (χ2n) is 7.91. The maximum Gasteiger partial charge on any atom is 0.409 e. The molecule has 0 radical (unpaired) electrons. The van der Waals surface area contributed by atoms with E-state index in [2.05, 4.69) is 59.3 Å². The Hall–Kier alpha value is -3.08. The number of likely N-dealkylation sites (tertiary alicyclic amines) is 1. The largest absolute Gasteiger partial charge is 0.449 e. The minimum absolute atomic E-state index is 0.203. The molecule has 0 N–H and O–H groups in total. The standard InChI is InChI=1S/C25H29N3O2/c1-2-19-30-24(29)27-16-13-25(14-17-27,22-11-7-4-8-12-22)23-26-15-18-28(23)20-21-9-5-3-6-10-21/h3-12,15,18H,2,13-14,16-17,19-20H2,1H3. The monoisotopic (exact) mass is 403 g/mol. The van der Waals surface area contributed by atoms with Crippen molar-refractivity contribution in [3.8, 4) is 0 Å². The van der Waals surface area contributed by atoms with Gasteiger partial charge in [-0.1, -0.05) is 67.6 Å². The topological polar surface area (TPSA) is 47.4 Å². The van der Waals surface area contributed by atoms with Gasteiger partial charge in [0.2, 0.25) is 0 Å². The van der Waals surface area contributed by atoms with Crippen LogP contribution in [0.15, 0.2) is 73.1 Å². The molecule has 0 aliphatic carbocycles. The lowest BCUT2D eigenvalue weighted by Crippen LogP contribution is -2.47. The van der Waals surface area contributed by atoms with Crippen molar-refractivity contribution in [1.29, 1.82) is 0 Å². The highest BCUT2D eigenvalue weighted by Crippen LogP contribution is 2.41. The third-order valence-electron chi connectivity index (χ3n) is 5.97. The van der Waals surface area contributed by atoms with Gasteiger partial charge in [-0.25, -0.2) is 9.78 Å². The molecular weight excluding hydrogens is 374 g/mol. The van der Waals surface area contributed by atoms with E-state index >= 15 is 0 Å². The summed E-state index contributed by atoms with van der Waals surface area (Å²) in [5.41, 5.74) is 2.29. The number of aromatic nitrogens is 2. The van der Waals surface area contributed by atoms with E-state index in [-0.39, 0.29) is 11.5 Å². The molecule has 2 heterocycles. The molecule has 1 fully saturated rings. The van der Waals surface area contributed by atoms with Gasteiger partial charge in [-0.15, -0.1) is 0 Å². The van der Waals surface area contributed by atoms with Crippen LogP contribution in [0.5, 0.6) is 0 Å². The Kier molecular flexibility index (Phi) is 6.17. The average Bonchev–Trinajstić information content (AvgIpc) is 3.27. The number of amides is 1. The van der Waals surface area contributed by atoms with Crippen LogP contribution >= 0.6 is 0 Å². The van der Waals surface area contributed by atoms with Crippen molar-refractivity contribution < 1.29 is 9.53 Å². The normalized spacial score (nSPS) is 15.7. The van der Waals surface area contributed by atoms with Crippen LogP contribution in [0.1, 0.15) is 43.1 Å². The summed E-state index contributed by atoms with van der Waals surface area (Å²) >= 11 is 0. The minimum atomic E-state index is -0.221. The minimum Gasteiger partial charge on any atom is -0.449 e. The molecule has 156 valence electrons. The Morgan fingerprint density at radius 1 is 1.03 bits per heavy atom. The Labute approximate surface area is 178 Å². The van der Waals surface area contributed by atoms with E-state index in [0.29, 0.717) is 19.7 Å². The molecule has 0 unspecified atom stereocenters. The number of rotatable bonds is 6. The Balaban J connectivity index is 1.63. The predicted octanol–water partition coefficient (Wildman–Crippen LogP) is 4.86. The van der Waals surface area contributed by atoms with Crippen molar-refractivity contribution in [2.45, 2.75) is 38.1 Å². The molecule has 5 nitrogen and oxygen atoms in total. The number of carbonyl (C=O) groups excluding carboxylic acids is 1. The fourth-order valence-corrected chi connectivity index (χ4v) is 4.39. The first-order chi connectivity index (χ1) is 14.7. The summed E-state index contributed by atoms with van der Waals surface area (Å²) in [6.07, 6.45) is 6.24. The van der Waals surface area contributed by atoms with Crippen LogP contribution in [0.2, 0.25) is 0 Å². The van der Waals surface area contributed by atoms with Crippen LogP contribution in [-0.2, 0) is 16.7 Å². The second-order valence-corrected chi connectivity index (χ2v) is 7.91. The SMILES string of the molecule is CCCOC(=O)N1CCC(c2ccccc2)(c2nccn2Cc2ccccc2)CC1. The van der Waals surface area contributed by atoms with Gasteiger partial charge in [-0.2, -0.15) is 0 Å². The van der Waals surface area contributed by atoms with Crippen molar-refractivity contribution in [2.75, 3.05) is 19.7 Å². The Bertz CT molecular complexity index is 945. The van der Waals surface area contributed by atoms with Gasteiger partial charge in [0, 0.05) is 32.0 Å². The highest BCUT2D eigenvalue weighted by Gasteiger charge is 2.42. The molecule has 5 heteroatoms. The number of hydrogen-bond donors (Lipinski definition) is 0. The van der Waals surface area contributed by atoms with Gasteiger partial charge in [0.25, 0.3) is 0 Å². The smallest absolute Gasteiger partial charge is 0.409 e. The molecular formula is C25H29N3O2. The van der Waals surface area contributed by atoms with Crippen molar-refractivity contribution in [1.82, 2.24) is 14.5 Å². The molecule has 1 amide bonds. The van der Waals surface area contributed by atoms with E-state index in [1.165, 1.54) is 11.1 Å². The zero-order valence-corrected chi connectivity index (χ0v) is 17.5. The third kappa shape index (κ3) is 4.11. The van der Waals surface area contributed by atoms with Crippen LogP contribution in [0, 0.1) is 0 Å². The lowest BCUT2D eigenvalue weighted by molar-refractivity contribution is 0.0855. The summed E-state index contributed by atoms with van der Waals surface area (Å²) < 4.78 is 7.62. The van der Waals surface area contributed by atoms with E-state index in [0.717, 1.165) is 31.6 Å². The first kappa shape index (κ1) is 20.2. The number of ether oxygens (including phenoxy) is 1. The summed E-state index contributed by atoms with van der Waals surface area (Å²) in [4.78, 5) is 19.0. The molecule has 0 bridgehead atoms. The molecule has 0 saturated carbocycles. The van der Waals surface area contributed by atoms with Crippen LogP contribution < -0.4 is 0 Å². The van der Waals surface area contributed by atoms with Gasteiger partial charge >= 0.3 is 6.09 Å². The van der Waals surface area contributed by atoms with Crippen molar-refractivity contribution >= 4 is 6.09 Å². The molecule has 1 aliphatic heterocycles. The molecule has 1 aliphatic rings. The number of carbonyl (C=O) groups is 1. The fourth-order valence-electron chi connectivity index (χ4n) is 4.39. The highest BCUT2D eigenvalue weighted by atomic mass is 16.6. The molecule has 0 atom stereocenters. The van der Waals surface area contributed by atoms with Crippen LogP contribution in [0.25, 0.3) is 0 Å². The molecule has 3 aromatic rings. The van der Waals surface area contributed by atoms with Gasteiger partial charge in [-0.05, 0) is 30.4 Å². The van der Waals surface area contributed by atoms with Gasteiger partial charge in [0.1, 0.15) is 5.82 Å². The summed E-state index contributed by atoms with van der Waals surface area (Å²) in [7, 11) is 0. The summed E-state index contributed by atoms with van der Waals surface area (Å²) in [5.74, 6) is 1.07. The van der Waals surface area contributed by atoms with E-state index in [4.69, 9.17) is 9.72 Å². The summed E-state index contributed by atoms with van der Waals surface area (Å²) in [6, 6.07) is 21.1. The van der Waals surface area contributed by atoms with Crippen LogP contribution in [0.4, 0.5) is 4.79 Å². The molecule has 2 aromatic carbocycles. The maximum atomic E-state index is 12.4. The highest BCUT2D eigenvalue weighted by molar-refractivity contribution is 5.67. The molecule has 1 saturated heterocycles. The third-order valence-corrected chi connectivity index (χ3v) is 5.97. The maximum absolute atomic E-state index is 12.4. The molecule has 0 spiro atoms. The average molecular weight is 404 g/mol. The number of nitrogens with zero attached hydrogens (tertiary/aromatic N) is 3. The lowest BCUT2D eigenvalue weighted by Gasteiger charge is -2.41. The second kappa shape index (κ2) is 9.16. The molecule has 30 heavy (non-hydrogen) atoms. The molecule has 4 rings (SSSR count). The summed E-state index contributed by atoms with van der Waals surface area (Å²) in [6.45, 7) is 4.59. The van der Waals surface area contributed by atoms with Gasteiger partial charge in [0.15, 0.2) is 0 Å². The zero-order valence-electron chi connectivity index (χ0n) is 17.5. The lowest BCUT2D eigenvalue weighted by atomic mass is 9.72. The van der Waals surface area contributed by atoms with Gasteiger partial charge in [0.05, 0.1) is 12.0 Å². The first-order valence-electron chi connectivity index (χ1n) is 10.8. The van der Waals surface area contributed by atoms with Crippen LogP contribution in [-0.4, -0.2) is 40.2 Å².